The first-order chi connectivity index (χ1) is 9.61. The highest BCUT2D eigenvalue weighted by Crippen LogP contribution is 2.36. The molecule has 0 aromatic carbocycles. The second-order valence-corrected chi connectivity index (χ2v) is 5.26. The lowest BCUT2D eigenvalue weighted by molar-refractivity contribution is -0.270. The molecule has 2 unspecified atom stereocenters. The Balaban J connectivity index is 2.86. The molecule has 1 amide bonds. The SMILES string of the molecule is O=C(CCl)C1CCCCCC1NC(=O)C(F)(F)C(F)(F)F. The fourth-order valence-corrected chi connectivity index (χ4v) is 2.55. The molecule has 3 nitrogen and oxygen atoms in total. The van der Waals surface area contributed by atoms with Crippen molar-refractivity contribution in [3.63, 3.8) is 0 Å². The summed E-state index contributed by atoms with van der Waals surface area (Å²) in [6, 6.07) is -1.04. The van der Waals surface area contributed by atoms with E-state index in [1.165, 1.54) is 0 Å². The van der Waals surface area contributed by atoms with E-state index in [2.05, 4.69) is 0 Å². The number of rotatable bonds is 4. The average Bonchev–Trinajstić information content (AvgIpc) is 2.62. The molecular weight excluding hydrogens is 321 g/mol. The molecule has 0 spiro atoms. The lowest BCUT2D eigenvalue weighted by Gasteiger charge is -2.27. The van der Waals surface area contributed by atoms with Crippen molar-refractivity contribution in [1.29, 1.82) is 0 Å². The summed E-state index contributed by atoms with van der Waals surface area (Å²) in [5, 5.41) is 1.68. The van der Waals surface area contributed by atoms with Crippen molar-refractivity contribution in [1.82, 2.24) is 5.32 Å². The number of carbonyl (C=O) groups excluding carboxylic acids is 2. The third-order valence-electron chi connectivity index (χ3n) is 3.52. The molecule has 0 aromatic heterocycles. The molecule has 1 rings (SSSR count). The van der Waals surface area contributed by atoms with Crippen LogP contribution in [0.5, 0.6) is 0 Å². The van der Waals surface area contributed by atoms with Crippen LogP contribution in [0.4, 0.5) is 22.0 Å². The predicted octanol–water partition coefficient (Wildman–Crippen LogP) is 3.06. The van der Waals surface area contributed by atoms with Crippen LogP contribution in [-0.2, 0) is 9.59 Å². The predicted molar refractivity (Wildman–Crippen MR) is 65.2 cm³/mol. The zero-order chi connectivity index (χ0) is 16.3. The third-order valence-corrected chi connectivity index (χ3v) is 3.78. The minimum atomic E-state index is -5.96. The number of Topliss-reactive ketones (excluding diaryl/α,β-unsaturated/α-hetero) is 1. The molecule has 1 saturated carbocycles. The minimum Gasteiger partial charge on any atom is -0.347 e. The van der Waals surface area contributed by atoms with Crippen molar-refractivity contribution in [3.8, 4) is 0 Å². The summed E-state index contributed by atoms with van der Waals surface area (Å²) in [5.41, 5.74) is 0. The number of hydrogen-bond donors (Lipinski definition) is 1. The number of hydrogen-bond acceptors (Lipinski definition) is 2. The van der Waals surface area contributed by atoms with Crippen LogP contribution in [0, 0.1) is 5.92 Å². The second kappa shape index (κ2) is 6.89. The molecule has 2 atom stereocenters. The molecule has 0 bridgehead atoms. The van der Waals surface area contributed by atoms with Crippen LogP contribution in [0.2, 0.25) is 0 Å². The summed E-state index contributed by atoms with van der Waals surface area (Å²) in [4.78, 5) is 22.9. The van der Waals surface area contributed by atoms with Gasteiger partial charge in [-0.05, 0) is 12.8 Å². The lowest BCUT2D eigenvalue weighted by Crippen LogP contribution is -2.55. The fraction of sp³-hybridized carbons (Fsp3) is 0.833. The lowest BCUT2D eigenvalue weighted by atomic mass is 9.91. The number of halogens is 6. The van der Waals surface area contributed by atoms with Gasteiger partial charge in [-0.1, -0.05) is 19.3 Å². The maximum atomic E-state index is 12.9. The number of ketones is 1. The summed E-state index contributed by atoms with van der Waals surface area (Å²) in [6.45, 7) is 0. The maximum absolute atomic E-state index is 12.9. The molecule has 9 heteroatoms. The van der Waals surface area contributed by atoms with Crippen LogP contribution in [-0.4, -0.2) is 35.7 Å². The van der Waals surface area contributed by atoms with Gasteiger partial charge in [0.1, 0.15) is 0 Å². The normalized spacial score (nSPS) is 24.3. The van der Waals surface area contributed by atoms with E-state index in [9.17, 15) is 31.5 Å². The van der Waals surface area contributed by atoms with Crippen molar-refractivity contribution in [2.45, 2.75) is 50.2 Å². The number of nitrogens with one attached hydrogen (secondary N) is 1. The summed E-state index contributed by atoms with van der Waals surface area (Å²) < 4.78 is 62.3. The first-order valence-corrected chi connectivity index (χ1v) is 6.99. The largest absolute Gasteiger partial charge is 0.463 e. The van der Waals surface area contributed by atoms with Gasteiger partial charge >= 0.3 is 18.0 Å². The summed E-state index contributed by atoms with van der Waals surface area (Å²) in [5.74, 6) is -9.55. The van der Waals surface area contributed by atoms with E-state index in [4.69, 9.17) is 11.6 Å². The highest BCUT2D eigenvalue weighted by Gasteiger charge is 2.63. The topological polar surface area (TPSA) is 46.2 Å². The second-order valence-electron chi connectivity index (χ2n) is 5.00. The van der Waals surface area contributed by atoms with Gasteiger partial charge < -0.3 is 5.32 Å². The molecule has 21 heavy (non-hydrogen) atoms. The first kappa shape index (κ1) is 18.1. The van der Waals surface area contributed by atoms with Crippen molar-refractivity contribution < 1.29 is 31.5 Å². The average molecular weight is 336 g/mol. The van der Waals surface area contributed by atoms with E-state index in [0.717, 1.165) is 0 Å². The molecule has 0 heterocycles. The monoisotopic (exact) mass is 335 g/mol. The Morgan fingerprint density at radius 3 is 2.14 bits per heavy atom. The number of carbonyl (C=O) groups is 2. The number of amides is 1. The smallest absolute Gasteiger partial charge is 0.347 e. The van der Waals surface area contributed by atoms with E-state index in [1.807, 2.05) is 0 Å². The van der Waals surface area contributed by atoms with Gasteiger partial charge in [0.25, 0.3) is 0 Å². The molecular formula is C12H15ClF5NO2. The van der Waals surface area contributed by atoms with Crippen LogP contribution in [0.15, 0.2) is 0 Å². The van der Waals surface area contributed by atoms with Crippen LogP contribution >= 0.6 is 11.6 Å². The van der Waals surface area contributed by atoms with E-state index < -0.39 is 35.7 Å². The summed E-state index contributed by atoms with van der Waals surface area (Å²) >= 11 is 5.41. The Morgan fingerprint density at radius 1 is 1.05 bits per heavy atom. The summed E-state index contributed by atoms with van der Waals surface area (Å²) in [6.07, 6.45) is -3.59. The van der Waals surface area contributed by atoms with Gasteiger partial charge in [0.2, 0.25) is 0 Å². The van der Waals surface area contributed by atoms with Gasteiger partial charge in [0.15, 0.2) is 5.78 Å². The van der Waals surface area contributed by atoms with Gasteiger partial charge in [0, 0.05) is 12.0 Å². The van der Waals surface area contributed by atoms with Gasteiger partial charge in [-0.2, -0.15) is 22.0 Å². The quantitative estimate of drug-likeness (QED) is 0.487. The fourth-order valence-electron chi connectivity index (χ4n) is 2.35. The van der Waals surface area contributed by atoms with Crippen LogP contribution in [0.25, 0.3) is 0 Å². The Hall–Kier alpha value is -0.920. The van der Waals surface area contributed by atoms with Crippen molar-refractivity contribution >= 4 is 23.3 Å². The molecule has 0 aliphatic heterocycles. The Kier molecular flexibility index (Phi) is 5.95. The van der Waals surface area contributed by atoms with Crippen LogP contribution < -0.4 is 5.32 Å². The van der Waals surface area contributed by atoms with Crippen LogP contribution in [0.1, 0.15) is 32.1 Å². The maximum Gasteiger partial charge on any atom is 0.463 e. The Morgan fingerprint density at radius 2 is 1.62 bits per heavy atom. The molecule has 1 N–H and O–H groups in total. The van der Waals surface area contributed by atoms with Gasteiger partial charge in [-0.25, -0.2) is 0 Å². The molecule has 1 aliphatic carbocycles. The zero-order valence-electron chi connectivity index (χ0n) is 11.0. The Labute approximate surface area is 123 Å². The molecule has 0 radical (unpaired) electrons. The van der Waals surface area contributed by atoms with Gasteiger partial charge in [-0.3, -0.25) is 9.59 Å². The van der Waals surface area contributed by atoms with E-state index in [1.54, 1.807) is 5.32 Å². The first-order valence-electron chi connectivity index (χ1n) is 6.45. The van der Waals surface area contributed by atoms with E-state index >= 15 is 0 Å². The van der Waals surface area contributed by atoms with Crippen LogP contribution in [0.3, 0.4) is 0 Å². The highest BCUT2D eigenvalue weighted by atomic mass is 35.5. The molecule has 0 saturated heterocycles. The molecule has 122 valence electrons. The molecule has 0 aromatic rings. The molecule has 1 fully saturated rings. The minimum absolute atomic E-state index is 0.174. The van der Waals surface area contributed by atoms with Crippen molar-refractivity contribution in [2.75, 3.05) is 5.88 Å². The van der Waals surface area contributed by atoms with Crippen molar-refractivity contribution in [2.24, 2.45) is 5.92 Å². The molecule has 1 aliphatic rings. The Bertz CT molecular complexity index is 400. The standard InChI is InChI=1S/C12H15ClF5NO2/c13-6-9(20)7-4-2-1-3-5-8(7)19-10(21)11(14,15)12(16,17)18/h7-8H,1-6H2,(H,19,21). The number of alkyl halides is 6. The van der Waals surface area contributed by atoms with Crippen molar-refractivity contribution in [3.05, 3.63) is 0 Å². The third kappa shape index (κ3) is 4.28. The summed E-state index contributed by atoms with van der Waals surface area (Å²) in [7, 11) is 0. The van der Waals surface area contributed by atoms with Gasteiger partial charge in [0.05, 0.1) is 5.88 Å². The van der Waals surface area contributed by atoms with E-state index in [0.29, 0.717) is 25.7 Å². The van der Waals surface area contributed by atoms with E-state index in [-0.39, 0.29) is 12.3 Å². The van der Waals surface area contributed by atoms with Gasteiger partial charge in [-0.15, -0.1) is 11.6 Å². The highest BCUT2D eigenvalue weighted by molar-refractivity contribution is 6.28. The zero-order valence-corrected chi connectivity index (χ0v) is 11.7.